The largest absolute Gasteiger partial charge is 0.324 e. The Morgan fingerprint density at radius 1 is 0.968 bits per heavy atom. The van der Waals surface area contributed by atoms with Gasteiger partial charge >= 0.3 is 0 Å². The maximum Gasteiger partial charge on any atom is 0.255 e. The van der Waals surface area contributed by atoms with Crippen LogP contribution >= 0.6 is 23.2 Å². The van der Waals surface area contributed by atoms with Gasteiger partial charge in [-0.25, -0.2) is 0 Å². The zero-order valence-electron chi connectivity index (χ0n) is 17.2. The number of amides is 2. The highest BCUT2D eigenvalue weighted by atomic mass is 35.5. The average Bonchev–Trinajstić information content (AvgIpc) is 2.71. The van der Waals surface area contributed by atoms with E-state index >= 15 is 0 Å². The fourth-order valence-corrected chi connectivity index (χ4v) is 4.34. The smallest absolute Gasteiger partial charge is 0.255 e. The Bertz CT molecular complexity index is 1140. The van der Waals surface area contributed by atoms with Crippen LogP contribution in [0, 0.1) is 0 Å². The van der Waals surface area contributed by atoms with E-state index in [2.05, 4.69) is 19.2 Å². The predicted octanol–water partition coefficient (Wildman–Crippen LogP) is 6.39. The highest BCUT2D eigenvalue weighted by molar-refractivity contribution is 6.31. The molecule has 1 heterocycles. The topological polar surface area (TPSA) is 49.4 Å². The monoisotopic (exact) mass is 452 g/mol. The maximum absolute atomic E-state index is 13.7. The van der Waals surface area contributed by atoms with Crippen molar-refractivity contribution in [2.24, 2.45) is 0 Å². The standard InChI is InChI=1S/C25H22Cl2N2O2/c1-16(2)17-9-11-18(12-10-17)25(24(31)28-21-7-3-5-19(26)13-21)15-23(30)29(25)22-8-4-6-20(27)14-22/h3-14,16H,15H2,1-2H3,(H,28,31). The predicted molar refractivity (Wildman–Crippen MR) is 126 cm³/mol. The van der Waals surface area contributed by atoms with Gasteiger partial charge in [-0.15, -0.1) is 0 Å². The highest BCUT2D eigenvalue weighted by Gasteiger charge is 2.58. The number of nitrogens with one attached hydrogen (secondary N) is 1. The Labute approximate surface area is 191 Å². The highest BCUT2D eigenvalue weighted by Crippen LogP contribution is 2.46. The molecule has 1 aliphatic rings. The molecule has 4 nitrogen and oxygen atoms in total. The molecule has 3 aromatic carbocycles. The number of rotatable bonds is 5. The molecule has 158 valence electrons. The number of hydrogen-bond donors (Lipinski definition) is 1. The molecular formula is C25H22Cl2N2O2. The van der Waals surface area contributed by atoms with Crippen molar-refractivity contribution in [3.8, 4) is 0 Å². The van der Waals surface area contributed by atoms with Crippen LogP contribution in [0.1, 0.15) is 37.3 Å². The number of halogens is 2. The minimum atomic E-state index is -1.18. The molecule has 1 fully saturated rings. The van der Waals surface area contributed by atoms with E-state index in [9.17, 15) is 9.59 Å². The van der Waals surface area contributed by atoms with Crippen molar-refractivity contribution < 1.29 is 9.59 Å². The molecule has 0 saturated carbocycles. The first-order valence-electron chi connectivity index (χ1n) is 10.1. The first kappa shape index (κ1) is 21.4. The van der Waals surface area contributed by atoms with Crippen LogP contribution in [-0.2, 0) is 15.1 Å². The summed E-state index contributed by atoms with van der Waals surface area (Å²) in [6, 6.07) is 21.8. The molecule has 6 heteroatoms. The van der Waals surface area contributed by atoms with Gasteiger partial charge in [0.25, 0.3) is 5.91 Å². The lowest BCUT2D eigenvalue weighted by atomic mass is 9.75. The van der Waals surface area contributed by atoms with Gasteiger partial charge in [0.15, 0.2) is 5.54 Å². The third kappa shape index (κ3) is 3.93. The number of β-lactam (4-membered cyclic amide) rings is 1. The van der Waals surface area contributed by atoms with Gasteiger partial charge in [-0.3, -0.25) is 14.5 Å². The first-order chi connectivity index (χ1) is 14.8. The lowest BCUT2D eigenvalue weighted by Crippen LogP contribution is -2.67. The maximum atomic E-state index is 13.7. The van der Waals surface area contributed by atoms with Crippen molar-refractivity contribution >= 4 is 46.4 Å². The fraction of sp³-hybridized carbons (Fsp3) is 0.200. The van der Waals surface area contributed by atoms with E-state index in [0.29, 0.717) is 27.3 Å². The van der Waals surface area contributed by atoms with Crippen LogP contribution in [0.25, 0.3) is 0 Å². The molecule has 2 amide bonds. The lowest BCUT2D eigenvalue weighted by Gasteiger charge is -2.50. The van der Waals surface area contributed by atoms with Crippen LogP contribution in [0.2, 0.25) is 10.0 Å². The summed E-state index contributed by atoms with van der Waals surface area (Å²) in [6.45, 7) is 4.23. The van der Waals surface area contributed by atoms with Crippen LogP contribution in [0.15, 0.2) is 72.8 Å². The molecule has 0 radical (unpaired) electrons. The molecule has 0 aliphatic carbocycles. The second kappa shape index (κ2) is 8.37. The molecule has 0 bridgehead atoms. The van der Waals surface area contributed by atoms with Crippen LogP contribution in [0.5, 0.6) is 0 Å². The number of carbonyl (C=O) groups is 2. The summed E-state index contributed by atoms with van der Waals surface area (Å²) in [5.41, 5.74) is 1.88. The number of hydrogen-bond acceptors (Lipinski definition) is 2. The molecule has 1 atom stereocenters. The van der Waals surface area contributed by atoms with Crippen molar-refractivity contribution in [1.82, 2.24) is 0 Å². The third-order valence-corrected chi connectivity index (χ3v) is 6.09. The number of anilines is 2. The van der Waals surface area contributed by atoms with E-state index in [1.54, 1.807) is 48.5 Å². The second-order valence-corrected chi connectivity index (χ2v) is 8.86. The van der Waals surface area contributed by atoms with Crippen molar-refractivity contribution in [1.29, 1.82) is 0 Å². The molecule has 4 rings (SSSR count). The van der Waals surface area contributed by atoms with Gasteiger partial charge in [0.2, 0.25) is 5.91 Å². The van der Waals surface area contributed by atoms with Crippen LogP contribution < -0.4 is 10.2 Å². The van der Waals surface area contributed by atoms with Crippen LogP contribution in [-0.4, -0.2) is 11.8 Å². The van der Waals surface area contributed by atoms with Crippen LogP contribution in [0.3, 0.4) is 0 Å². The molecule has 1 aliphatic heterocycles. The summed E-state index contributed by atoms with van der Waals surface area (Å²) in [6.07, 6.45) is 0.0624. The summed E-state index contributed by atoms with van der Waals surface area (Å²) in [5, 5.41) is 3.96. The van der Waals surface area contributed by atoms with E-state index in [4.69, 9.17) is 23.2 Å². The molecule has 1 N–H and O–H groups in total. The second-order valence-electron chi connectivity index (χ2n) is 7.99. The fourth-order valence-electron chi connectivity index (χ4n) is 3.97. The molecule has 31 heavy (non-hydrogen) atoms. The minimum Gasteiger partial charge on any atom is -0.324 e. The molecule has 1 saturated heterocycles. The first-order valence-corrected chi connectivity index (χ1v) is 10.8. The SMILES string of the molecule is CC(C)c1ccc(C2(C(=O)Nc3cccc(Cl)c3)CC(=O)N2c2cccc(Cl)c2)cc1. The van der Waals surface area contributed by atoms with E-state index in [1.165, 1.54) is 4.90 Å². The van der Waals surface area contributed by atoms with Gasteiger partial charge < -0.3 is 5.32 Å². The van der Waals surface area contributed by atoms with Crippen LogP contribution in [0.4, 0.5) is 11.4 Å². The van der Waals surface area contributed by atoms with Crippen molar-refractivity contribution in [3.63, 3.8) is 0 Å². The zero-order valence-corrected chi connectivity index (χ0v) is 18.7. The quantitative estimate of drug-likeness (QED) is 0.456. The summed E-state index contributed by atoms with van der Waals surface area (Å²) in [7, 11) is 0. The van der Waals surface area contributed by atoms with Crippen molar-refractivity contribution in [2.75, 3.05) is 10.2 Å². The summed E-state index contributed by atoms with van der Waals surface area (Å²) >= 11 is 12.3. The zero-order chi connectivity index (χ0) is 22.2. The van der Waals surface area contributed by atoms with E-state index in [1.807, 2.05) is 24.3 Å². The molecule has 3 aromatic rings. The van der Waals surface area contributed by atoms with Gasteiger partial charge in [-0.1, -0.05) is 73.4 Å². The number of nitrogens with zero attached hydrogens (tertiary/aromatic N) is 1. The van der Waals surface area contributed by atoms with E-state index in [0.717, 1.165) is 11.1 Å². The lowest BCUT2D eigenvalue weighted by molar-refractivity contribution is -0.137. The van der Waals surface area contributed by atoms with Gasteiger partial charge in [-0.2, -0.15) is 0 Å². The van der Waals surface area contributed by atoms with Crippen molar-refractivity contribution in [3.05, 3.63) is 94.0 Å². The Hall–Kier alpha value is -2.82. The van der Waals surface area contributed by atoms with Gasteiger partial charge in [-0.05, 0) is 53.4 Å². The van der Waals surface area contributed by atoms with Gasteiger partial charge in [0.05, 0.1) is 6.42 Å². The van der Waals surface area contributed by atoms with Gasteiger partial charge in [0.1, 0.15) is 0 Å². The molecule has 0 aromatic heterocycles. The Morgan fingerprint density at radius 2 is 1.61 bits per heavy atom. The Morgan fingerprint density at radius 3 is 2.19 bits per heavy atom. The average molecular weight is 453 g/mol. The van der Waals surface area contributed by atoms with Gasteiger partial charge in [0, 0.05) is 21.4 Å². The Balaban J connectivity index is 1.80. The summed E-state index contributed by atoms with van der Waals surface area (Å²) in [5.74, 6) is -0.0829. The third-order valence-electron chi connectivity index (χ3n) is 5.62. The number of benzene rings is 3. The summed E-state index contributed by atoms with van der Waals surface area (Å²) < 4.78 is 0. The Kier molecular flexibility index (Phi) is 5.78. The minimum absolute atomic E-state index is 0.0624. The molecule has 0 spiro atoms. The van der Waals surface area contributed by atoms with Crippen molar-refractivity contribution in [2.45, 2.75) is 31.7 Å². The van der Waals surface area contributed by atoms with E-state index < -0.39 is 5.54 Å². The molecule has 1 unspecified atom stereocenters. The summed E-state index contributed by atoms with van der Waals surface area (Å²) in [4.78, 5) is 28.0. The van der Waals surface area contributed by atoms with E-state index in [-0.39, 0.29) is 18.2 Å². The normalized spacial score (nSPS) is 18.1. The molecular weight excluding hydrogens is 431 g/mol. The number of carbonyl (C=O) groups excluding carboxylic acids is 2.